The van der Waals surface area contributed by atoms with Crippen LogP contribution in [-0.4, -0.2) is 15.7 Å². The number of hydrogen-bond acceptors (Lipinski definition) is 3. The van der Waals surface area contributed by atoms with E-state index in [-0.39, 0.29) is 22.6 Å². The fourth-order valence-electron chi connectivity index (χ4n) is 3.07. The van der Waals surface area contributed by atoms with Gasteiger partial charge in [-0.25, -0.2) is 4.39 Å². The largest absolute Gasteiger partial charge is 0.487 e. The number of ether oxygens (including phenoxy) is 1. The zero-order valence-corrected chi connectivity index (χ0v) is 20.2. The standard InChI is InChI=1S/C24H17BrCl2FN3O2/c25-18-8-9-22(20(26)11-18)33-14-15-4-6-17(7-5-15)24(32)29-23-21(27)13-31(30-23)12-16-2-1-3-19(28)10-16/h1-11,13H,12,14H2,(H,29,30,32). The summed E-state index contributed by atoms with van der Waals surface area (Å²) in [5.74, 6) is 0.130. The zero-order valence-electron chi connectivity index (χ0n) is 17.1. The van der Waals surface area contributed by atoms with E-state index in [2.05, 4.69) is 26.3 Å². The SMILES string of the molecule is O=C(Nc1nn(Cc2cccc(F)c2)cc1Cl)c1ccc(COc2ccc(Br)cc2Cl)cc1. The predicted molar refractivity (Wildman–Crippen MR) is 131 cm³/mol. The van der Waals surface area contributed by atoms with Crippen LogP contribution in [0.3, 0.4) is 0 Å². The average Bonchev–Trinajstić information content (AvgIpc) is 3.12. The number of anilines is 1. The Balaban J connectivity index is 1.37. The first kappa shape index (κ1) is 23.3. The van der Waals surface area contributed by atoms with Gasteiger partial charge in [-0.2, -0.15) is 5.10 Å². The molecule has 3 aromatic carbocycles. The summed E-state index contributed by atoms with van der Waals surface area (Å²) in [7, 11) is 0. The molecule has 33 heavy (non-hydrogen) atoms. The topological polar surface area (TPSA) is 56.2 Å². The molecule has 0 saturated heterocycles. The first-order valence-corrected chi connectivity index (χ1v) is 11.4. The minimum absolute atomic E-state index is 0.232. The molecule has 1 amide bonds. The lowest BCUT2D eigenvalue weighted by Gasteiger charge is -2.09. The van der Waals surface area contributed by atoms with E-state index < -0.39 is 0 Å². The van der Waals surface area contributed by atoms with Crippen molar-refractivity contribution in [2.75, 3.05) is 5.32 Å². The number of aromatic nitrogens is 2. The Kier molecular flexibility index (Phi) is 7.33. The van der Waals surface area contributed by atoms with Crippen LogP contribution in [0.4, 0.5) is 10.2 Å². The van der Waals surface area contributed by atoms with Crippen LogP contribution in [-0.2, 0) is 13.2 Å². The molecule has 5 nitrogen and oxygen atoms in total. The number of benzene rings is 3. The van der Waals surface area contributed by atoms with E-state index in [1.54, 1.807) is 59.4 Å². The molecule has 1 N–H and O–H groups in total. The van der Waals surface area contributed by atoms with Crippen molar-refractivity contribution in [1.82, 2.24) is 9.78 Å². The quantitative estimate of drug-likeness (QED) is 0.271. The summed E-state index contributed by atoms with van der Waals surface area (Å²) in [5.41, 5.74) is 2.05. The van der Waals surface area contributed by atoms with Crippen LogP contribution in [0.15, 0.2) is 77.4 Å². The smallest absolute Gasteiger partial charge is 0.256 e. The molecule has 1 aromatic heterocycles. The summed E-state index contributed by atoms with van der Waals surface area (Å²) >= 11 is 15.7. The predicted octanol–water partition coefficient (Wildman–Crippen LogP) is 6.97. The number of hydrogen-bond donors (Lipinski definition) is 1. The van der Waals surface area contributed by atoms with Gasteiger partial charge in [-0.05, 0) is 53.6 Å². The third kappa shape index (κ3) is 6.13. The second kappa shape index (κ2) is 10.4. The summed E-state index contributed by atoms with van der Waals surface area (Å²) in [6, 6.07) is 18.6. The Hall–Kier alpha value is -2.87. The van der Waals surface area contributed by atoms with Crippen LogP contribution in [0.1, 0.15) is 21.5 Å². The fraction of sp³-hybridized carbons (Fsp3) is 0.0833. The summed E-state index contributed by atoms with van der Waals surface area (Å²) in [6.45, 7) is 0.629. The second-order valence-corrected chi connectivity index (χ2v) is 8.90. The van der Waals surface area contributed by atoms with Crippen molar-refractivity contribution in [3.63, 3.8) is 0 Å². The van der Waals surface area contributed by atoms with Crippen molar-refractivity contribution in [1.29, 1.82) is 0 Å². The summed E-state index contributed by atoms with van der Waals surface area (Å²) in [4.78, 5) is 12.6. The van der Waals surface area contributed by atoms with E-state index in [1.807, 2.05) is 6.07 Å². The number of amides is 1. The van der Waals surface area contributed by atoms with Gasteiger partial charge < -0.3 is 10.1 Å². The van der Waals surface area contributed by atoms with Gasteiger partial charge in [-0.15, -0.1) is 0 Å². The normalized spacial score (nSPS) is 10.8. The Morgan fingerprint density at radius 3 is 2.55 bits per heavy atom. The van der Waals surface area contributed by atoms with Crippen molar-refractivity contribution in [3.8, 4) is 5.75 Å². The highest BCUT2D eigenvalue weighted by molar-refractivity contribution is 9.10. The number of nitrogens with one attached hydrogen (secondary N) is 1. The molecule has 0 radical (unpaired) electrons. The molecule has 0 aliphatic carbocycles. The van der Waals surface area contributed by atoms with Crippen LogP contribution < -0.4 is 10.1 Å². The van der Waals surface area contributed by atoms with Crippen LogP contribution in [0.25, 0.3) is 0 Å². The second-order valence-electron chi connectivity index (χ2n) is 7.17. The van der Waals surface area contributed by atoms with Crippen LogP contribution in [0.5, 0.6) is 5.75 Å². The molecule has 4 aromatic rings. The molecule has 0 saturated carbocycles. The minimum atomic E-state index is -0.351. The molecule has 1 heterocycles. The molecule has 0 fully saturated rings. The van der Waals surface area contributed by atoms with Gasteiger partial charge in [0.1, 0.15) is 23.2 Å². The third-order valence-electron chi connectivity index (χ3n) is 4.69. The molecule has 0 unspecified atom stereocenters. The molecule has 4 rings (SSSR count). The van der Waals surface area contributed by atoms with Crippen molar-refractivity contribution in [2.45, 2.75) is 13.2 Å². The number of nitrogens with zero attached hydrogens (tertiary/aromatic N) is 2. The first-order chi connectivity index (χ1) is 15.9. The molecule has 0 bridgehead atoms. The van der Waals surface area contributed by atoms with Gasteiger partial charge in [-0.1, -0.05) is 63.4 Å². The maximum atomic E-state index is 13.4. The lowest BCUT2D eigenvalue weighted by Crippen LogP contribution is -2.13. The Morgan fingerprint density at radius 2 is 1.82 bits per heavy atom. The minimum Gasteiger partial charge on any atom is -0.487 e. The van der Waals surface area contributed by atoms with E-state index >= 15 is 0 Å². The fourth-order valence-corrected chi connectivity index (χ4v) is 4.00. The maximum absolute atomic E-state index is 13.4. The first-order valence-electron chi connectivity index (χ1n) is 9.83. The highest BCUT2D eigenvalue weighted by Gasteiger charge is 2.13. The molecular weight excluding hydrogens is 532 g/mol. The van der Waals surface area contributed by atoms with Crippen molar-refractivity contribution < 1.29 is 13.9 Å². The summed E-state index contributed by atoms with van der Waals surface area (Å²) in [6.07, 6.45) is 1.58. The molecule has 168 valence electrons. The average molecular weight is 549 g/mol. The van der Waals surface area contributed by atoms with Crippen LogP contribution >= 0.6 is 39.1 Å². The van der Waals surface area contributed by atoms with Gasteiger partial charge in [0.2, 0.25) is 0 Å². The van der Waals surface area contributed by atoms with E-state index in [0.717, 1.165) is 15.6 Å². The maximum Gasteiger partial charge on any atom is 0.256 e. The van der Waals surface area contributed by atoms with Crippen molar-refractivity contribution >= 4 is 50.9 Å². The van der Waals surface area contributed by atoms with Crippen molar-refractivity contribution in [3.05, 3.63) is 110 Å². The van der Waals surface area contributed by atoms with Gasteiger partial charge in [0.05, 0.1) is 11.6 Å². The summed E-state index contributed by atoms with van der Waals surface area (Å²) < 4.78 is 21.5. The number of rotatable bonds is 7. The number of carbonyl (C=O) groups excluding carboxylic acids is 1. The highest BCUT2D eigenvalue weighted by atomic mass is 79.9. The lowest BCUT2D eigenvalue weighted by molar-refractivity contribution is 0.102. The Labute approximate surface area is 208 Å². The molecule has 9 heteroatoms. The lowest BCUT2D eigenvalue weighted by atomic mass is 10.1. The number of carbonyl (C=O) groups is 1. The van der Waals surface area contributed by atoms with Crippen LogP contribution in [0.2, 0.25) is 10.0 Å². The van der Waals surface area contributed by atoms with E-state index in [4.69, 9.17) is 27.9 Å². The highest BCUT2D eigenvalue weighted by Crippen LogP contribution is 2.28. The summed E-state index contributed by atoms with van der Waals surface area (Å²) in [5, 5.41) is 7.79. The van der Waals surface area contributed by atoms with E-state index in [9.17, 15) is 9.18 Å². The monoisotopic (exact) mass is 547 g/mol. The number of halogens is 4. The molecule has 0 atom stereocenters. The van der Waals surface area contributed by atoms with E-state index in [0.29, 0.717) is 29.5 Å². The van der Waals surface area contributed by atoms with Gasteiger partial charge in [0.15, 0.2) is 5.82 Å². The Morgan fingerprint density at radius 1 is 1.03 bits per heavy atom. The van der Waals surface area contributed by atoms with Gasteiger partial charge >= 0.3 is 0 Å². The molecule has 0 aliphatic rings. The van der Waals surface area contributed by atoms with Gasteiger partial charge in [-0.3, -0.25) is 9.48 Å². The molecule has 0 aliphatic heterocycles. The third-order valence-corrected chi connectivity index (χ3v) is 5.75. The van der Waals surface area contributed by atoms with Gasteiger partial charge in [0, 0.05) is 16.2 Å². The Bertz CT molecular complexity index is 1300. The molecule has 0 spiro atoms. The van der Waals surface area contributed by atoms with Crippen LogP contribution in [0, 0.1) is 5.82 Å². The van der Waals surface area contributed by atoms with Gasteiger partial charge in [0.25, 0.3) is 5.91 Å². The zero-order chi connectivity index (χ0) is 23.4. The molecular formula is C24H17BrCl2FN3O2. The van der Waals surface area contributed by atoms with Crippen molar-refractivity contribution in [2.24, 2.45) is 0 Å². The van der Waals surface area contributed by atoms with E-state index in [1.165, 1.54) is 12.1 Å².